The molecule has 2 amide bonds. The Kier molecular flexibility index (Phi) is 3.70. The van der Waals surface area contributed by atoms with Gasteiger partial charge in [-0.2, -0.15) is 0 Å². The van der Waals surface area contributed by atoms with Crippen molar-refractivity contribution in [2.24, 2.45) is 5.73 Å². The van der Waals surface area contributed by atoms with E-state index in [1.54, 1.807) is 0 Å². The van der Waals surface area contributed by atoms with Gasteiger partial charge in [-0.15, -0.1) is 0 Å². The van der Waals surface area contributed by atoms with E-state index in [9.17, 15) is 9.59 Å². The van der Waals surface area contributed by atoms with Crippen LogP contribution in [0.25, 0.3) is 0 Å². The summed E-state index contributed by atoms with van der Waals surface area (Å²) in [4.78, 5) is 23.0. The zero-order chi connectivity index (χ0) is 10.6. The Balaban J connectivity index is 2.28. The van der Waals surface area contributed by atoms with Crippen molar-refractivity contribution < 1.29 is 14.7 Å². The van der Waals surface area contributed by atoms with Crippen molar-refractivity contribution in [2.45, 2.75) is 18.9 Å². The maximum atomic E-state index is 11.1. The summed E-state index contributed by atoms with van der Waals surface area (Å²) in [6.45, 7) is 1.19. The van der Waals surface area contributed by atoms with E-state index in [0.29, 0.717) is 32.5 Å². The number of carboxylic acid groups (broad SMARTS) is 1. The molecule has 4 N–H and O–H groups in total. The summed E-state index contributed by atoms with van der Waals surface area (Å²) in [5, 5.41) is 11.4. The van der Waals surface area contributed by atoms with Crippen LogP contribution < -0.4 is 11.1 Å². The number of hydrogen-bond donors (Lipinski definition) is 3. The fourth-order valence-corrected chi connectivity index (χ4v) is 1.48. The average Bonchev–Trinajstić information content (AvgIpc) is 2.53. The zero-order valence-electron chi connectivity index (χ0n) is 7.90. The van der Waals surface area contributed by atoms with Crippen molar-refractivity contribution in [3.63, 3.8) is 0 Å². The summed E-state index contributed by atoms with van der Waals surface area (Å²) < 4.78 is 0. The Morgan fingerprint density at radius 2 is 2.29 bits per heavy atom. The molecule has 0 radical (unpaired) electrons. The molecule has 0 bridgehead atoms. The molecule has 1 fully saturated rings. The van der Waals surface area contributed by atoms with Crippen LogP contribution >= 0.6 is 0 Å². The molecule has 0 aromatic rings. The summed E-state index contributed by atoms with van der Waals surface area (Å²) in [6, 6.07) is -0.0508. The Morgan fingerprint density at radius 1 is 1.57 bits per heavy atom. The predicted molar refractivity (Wildman–Crippen MR) is 49.8 cm³/mol. The molecule has 1 aliphatic heterocycles. The summed E-state index contributed by atoms with van der Waals surface area (Å²) >= 11 is 0. The number of hydrogen-bond acceptors (Lipinski definition) is 3. The Morgan fingerprint density at radius 3 is 2.79 bits per heavy atom. The van der Waals surface area contributed by atoms with E-state index >= 15 is 0 Å². The van der Waals surface area contributed by atoms with Gasteiger partial charge in [-0.3, -0.25) is 4.79 Å². The first-order valence-corrected chi connectivity index (χ1v) is 4.60. The maximum Gasteiger partial charge on any atom is 0.407 e. The molecular weight excluding hydrogens is 186 g/mol. The van der Waals surface area contributed by atoms with Crippen LogP contribution in [0.4, 0.5) is 4.79 Å². The normalized spacial score (nSPS) is 20.9. The number of nitrogens with two attached hydrogens (primary N) is 1. The third-order valence-electron chi connectivity index (χ3n) is 2.20. The van der Waals surface area contributed by atoms with Crippen LogP contribution in [0.2, 0.25) is 0 Å². The van der Waals surface area contributed by atoms with Gasteiger partial charge in [-0.1, -0.05) is 0 Å². The summed E-state index contributed by atoms with van der Waals surface area (Å²) in [5.41, 5.74) is 5.21. The standard InChI is InChI=1S/C8H15N3O3/c9-3-1-7(12)10-6-2-4-11(5-6)8(13)14/h6H,1-5,9H2,(H,10,12)(H,13,14)/t6-/m0/s1. The second-order valence-electron chi connectivity index (χ2n) is 3.32. The lowest BCUT2D eigenvalue weighted by Gasteiger charge is -2.13. The fraction of sp³-hybridized carbons (Fsp3) is 0.750. The van der Waals surface area contributed by atoms with Gasteiger partial charge >= 0.3 is 6.09 Å². The Bertz CT molecular complexity index is 232. The average molecular weight is 201 g/mol. The van der Waals surface area contributed by atoms with Gasteiger partial charge in [0.25, 0.3) is 0 Å². The molecule has 1 atom stereocenters. The van der Waals surface area contributed by atoms with Crippen molar-refractivity contribution in [1.82, 2.24) is 10.2 Å². The van der Waals surface area contributed by atoms with E-state index in [-0.39, 0.29) is 11.9 Å². The van der Waals surface area contributed by atoms with E-state index in [1.165, 1.54) is 4.90 Å². The minimum absolute atomic E-state index is 0.0508. The van der Waals surface area contributed by atoms with Gasteiger partial charge in [0.1, 0.15) is 0 Å². The highest BCUT2D eigenvalue weighted by Crippen LogP contribution is 2.08. The quantitative estimate of drug-likeness (QED) is 0.557. The Labute approximate surface area is 82.1 Å². The molecule has 80 valence electrons. The zero-order valence-corrected chi connectivity index (χ0v) is 7.90. The highest BCUT2D eigenvalue weighted by molar-refractivity contribution is 5.76. The van der Waals surface area contributed by atoms with Crippen molar-refractivity contribution in [3.8, 4) is 0 Å². The molecular formula is C8H15N3O3. The third-order valence-corrected chi connectivity index (χ3v) is 2.20. The number of carbonyl (C=O) groups is 2. The molecule has 6 nitrogen and oxygen atoms in total. The highest BCUT2D eigenvalue weighted by Gasteiger charge is 2.26. The fourth-order valence-electron chi connectivity index (χ4n) is 1.48. The lowest BCUT2D eigenvalue weighted by atomic mass is 10.2. The van der Waals surface area contributed by atoms with Crippen LogP contribution in [0.15, 0.2) is 0 Å². The molecule has 6 heteroatoms. The molecule has 0 aromatic carbocycles. The predicted octanol–water partition coefficient (Wildman–Crippen LogP) is -0.796. The lowest BCUT2D eigenvalue weighted by molar-refractivity contribution is -0.121. The first-order chi connectivity index (χ1) is 6.63. The van der Waals surface area contributed by atoms with E-state index < -0.39 is 6.09 Å². The van der Waals surface area contributed by atoms with E-state index in [1.807, 2.05) is 0 Å². The van der Waals surface area contributed by atoms with Crippen LogP contribution in [-0.2, 0) is 4.79 Å². The van der Waals surface area contributed by atoms with Crippen LogP contribution in [0.1, 0.15) is 12.8 Å². The molecule has 1 rings (SSSR count). The van der Waals surface area contributed by atoms with Gasteiger partial charge in [-0.05, 0) is 6.42 Å². The number of amides is 2. The number of rotatable bonds is 3. The molecule has 0 aliphatic carbocycles. The van der Waals surface area contributed by atoms with E-state index in [4.69, 9.17) is 10.8 Å². The molecule has 0 unspecified atom stereocenters. The van der Waals surface area contributed by atoms with Crippen LogP contribution in [0.5, 0.6) is 0 Å². The molecule has 1 heterocycles. The smallest absolute Gasteiger partial charge is 0.407 e. The van der Waals surface area contributed by atoms with Crippen LogP contribution in [0.3, 0.4) is 0 Å². The number of carbonyl (C=O) groups excluding carboxylic acids is 1. The SMILES string of the molecule is NCCC(=O)N[C@H]1CCN(C(=O)O)C1. The molecule has 1 saturated heterocycles. The van der Waals surface area contributed by atoms with Crippen molar-refractivity contribution in [2.75, 3.05) is 19.6 Å². The topological polar surface area (TPSA) is 95.7 Å². The summed E-state index contributed by atoms with van der Waals surface area (Å²) in [7, 11) is 0. The van der Waals surface area contributed by atoms with Gasteiger partial charge in [0.05, 0.1) is 0 Å². The number of likely N-dealkylation sites (tertiary alicyclic amines) is 1. The highest BCUT2D eigenvalue weighted by atomic mass is 16.4. The number of nitrogens with one attached hydrogen (secondary N) is 1. The maximum absolute atomic E-state index is 11.1. The minimum Gasteiger partial charge on any atom is -0.465 e. The molecule has 0 aromatic heterocycles. The second kappa shape index (κ2) is 4.80. The van der Waals surface area contributed by atoms with Gasteiger partial charge in [0.2, 0.25) is 5.91 Å². The molecule has 1 aliphatic rings. The van der Waals surface area contributed by atoms with Crippen molar-refractivity contribution >= 4 is 12.0 Å². The lowest BCUT2D eigenvalue weighted by Crippen LogP contribution is -2.38. The van der Waals surface area contributed by atoms with Crippen molar-refractivity contribution in [3.05, 3.63) is 0 Å². The summed E-state index contributed by atoms with van der Waals surface area (Å²) in [5.74, 6) is -0.107. The number of nitrogens with zero attached hydrogens (tertiary/aromatic N) is 1. The Hall–Kier alpha value is -1.30. The third kappa shape index (κ3) is 2.88. The molecule has 14 heavy (non-hydrogen) atoms. The van der Waals surface area contributed by atoms with E-state index in [0.717, 1.165) is 0 Å². The monoisotopic (exact) mass is 201 g/mol. The van der Waals surface area contributed by atoms with Gasteiger partial charge in [0.15, 0.2) is 0 Å². The van der Waals surface area contributed by atoms with Crippen molar-refractivity contribution in [1.29, 1.82) is 0 Å². The largest absolute Gasteiger partial charge is 0.465 e. The van der Waals surface area contributed by atoms with Gasteiger partial charge < -0.3 is 21.1 Å². The second-order valence-corrected chi connectivity index (χ2v) is 3.32. The van der Waals surface area contributed by atoms with Crippen LogP contribution in [0, 0.1) is 0 Å². The van der Waals surface area contributed by atoms with Gasteiger partial charge in [0, 0.05) is 32.1 Å². The van der Waals surface area contributed by atoms with E-state index in [2.05, 4.69) is 5.32 Å². The van der Waals surface area contributed by atoms with Gasteiger partial charge in [-0.25, -0.2) is 4.79 Å². The first kappa shape index (κ1) is 10.8. The molecule has 0 saturated carbocycles. The first-order valence-electron chi connectivity index (χ1n) is 4.60. The molecule has 0 spiro atoms. The summed E-state index contributed by atoms with van der Waals surface area (Å²) in [6.07, 6.45) is 0.0483. The van der Waals surface area contributed by atoms with Crippen LogP contribution in [-0.4, -0.2) is 47.7 Å². The minimum atomic E-state index is -0.930.